The van der Waals surface area contributed by atoms with Crippen molar-refractivity contribution in [2.75, 3.05) is 13.1 Å². The van der Waals surface area contributed by atoms with Crippen LogP contribution in [-0.4, -0.2) is 13.1 Å². The van der Waals surface area contributed by atoms with Crippen LogP contribution in [0.25, 0.3) is 0 Å². The van der Waals surface area contributed by atoms with Gasteiger partial charge in [0.25, 0.3) is 0 Å². The molecule has 14 heavy (non-hydrogen) atoms. The zero-order valence-electron chi connectivity index (χ0n) is 7.48. The maximum atomic E-state index is 13.0. The van der Waals surface area contributed by atoms with E-state index in [1.807, 2.05) is 0 Å². The summed E-state index contributed by atoms with van der Waals surface area (Å²) in [4.78, 5) is 0. The minimum Gasteiger partial charge on any atom is -0.314 e. The minimum atomic E-state index is -0.412. The third-order valence-corrected chi connectivity index (χ3v) is 2.53. The molecule has 2 rings (SSSR count). The number of nitrogens with one attached hydrogen (secondary N) is 1. The number of hydrogen-bond donors (Lipinski definition) is 1. The lowest BCUT2D eigenvalue weighted by Gasteiger charge is -2.21. The summed E-state index contributed by atoms with van der Waals surface area (Å²) in [5.74, 6) is 5.91. The van der Waals surface area contributed by atoms with Crippen LogP contribution in [0.2, 0.25) is 5.02 Å². The molecule has 0 unspecified atom stereocenters. The molecule has 1 saturated heterocycles. The summed E-state index contributed by atoms with van der Waals surface area (Å²) in [6.45, 7) is 1.83. The lowest BCUT2D eigenvalue weighted by Crippen LogP contribution is -2.40. The minimum absolute atomic E-state index is 0.118. The van der Waals surface area contributed by atoms with Crippen LogP contribution in [0.15, 0.2) is 18.2 Å². The van der Waals surface area contributed by atoms with E-state index in [0.717, 1.165) is 13.1 Å². The molecule has 1 N–H and O–H groups in total. The summed E-state index contributed by atoms with van der Waals surface area (Å²) in [7, 11) is 0. The lowest BCUT2D eigenvalue weighted by molar-refractivity contribution is 0.432. The molecule has 1 aromatic carbocycles. The first kappa shape index (κ1) is 9.51. The SMILES string of the molecule is Fc1cccc(C#CC2CNC2)c1Cl. The van der Waals surface area contributed by atoms with Crippen LogP contribution < -0.4 is 5.32 Å². The van der Waals surface area contributed by atoms with Crippen molar-refractivity contribution in [3.05, 3.63) is 34.6 Å². The van der Waals surface area contributed by atoms with Crippen LogP contribution in [0.5, 0.6) is 0 Å². The molecule has 0 spiro atoms. The molecular weight excluding hydrogens is 201 g/mol. The average molecular weight is 210 g/mol. The fraction of sp³-hybridized carbons (Fsp3) is 0.273. The monoisotopic (exact) mass is 209 g/mol. The van der Waals surface area contributed by atoms with E-state index in [1.165, 1.54) is 6.07 Å². The Bertz CT molecular complexity index is 401. The van der Waals surface area contributed by atoms with E-state index in [2.05, 4.69) is 17.2 Å². The fourth-order valence-electron chi connectivity index (χ4n) is 1.17. The summed E-state index contributed by atoms with van der Waals surface area (Å²) < 4.78 is 13.0. The van der Waals surface area contributed by atoms with E-state index in [1.54, 1.807) is 12.1 Å². The van der Waals surface area contributed by atoms with Crippen molar-refractivity contribution >= 4 is 11.6 Å². The summed E-state index contributed by atoms with van der Waals surface area (Å²) in [6.07, 6.45) is 0. The van der Waals surface area contributed by atoms with Gasteiger partial charge in [0, 0.05) is 24.6 Å². The van der Waals surface area contributed by atoms with Gasteiger partial charge >= 0.3 is 0 Å². The molecule has 0 saturated carbocycles. The molecule has 1 aromatic rings. The molecule has 1 fully saturated rings. The van der Waals surface area contributed by atoms with Gasteiger partial charge in [-0.15, -0.1) is 0 Å². The highest BCUT2D eigenvalue weighted by atomic mass is 35.5. The van der Waals surface area contributed by atoms with Crippen molar-refractivity contribution in [1.82, 2.24) is 5.32 Å². The smallest absolute Gasteiger partial charge is 0.143 e. The molecule has 0 amide bonds. The van der Waals surface area contributed by atoms with Gasteiger partial charge in [-0.2, -0.15) is 0 Å². The molecule has 72 valence electrons. The van der Waals surface area contributed by atoms with Crippen LogP contribution >= 0.6 is 11.6 Å². The first-order valence-electron chi connectivity index (χ1n) is 4.43. The van der Waals surface area contributed by atoms with E-state index in [9.17, 15) is 4.39 Å². The maximum Gasteiger partial charge on any atom is 0.143 e. The van der Waals surface area contributed by atoms with Crippen LogP contribution in [0.4, 0.5) is 4.39 Å². The van der Waals surface area contributed by atoms with E-state index in [4.69, 9.17) is 11.6 Å². The molecule has 1 heterocycles. The van der Waals surface area contributed by atoms with Gasteiger partial charge in [-0.05, 0) is 12.1 Å². The fourth-order valence-corrected chi connectivity index (χ4v) is 1.34. The zero-order valence-corrected chi connectivity index (χ0v) is 8.24. The molecule has 0 aromatic heterocycles. The Morgan fingerprint density at radius 2 is 2.21 bits per heavy atom. The predicted molar refractivity (Wildman–Crippen MR) is 54.6 cm³/mol. The van der Waals surface area contributed by atoms with Crippen molar-refractivity contribution in [3.63, 3.8) is 0 Å². The van der Waals surface area contributed by atoms with Gasteiger partial charge in [0.05, 0.1) is 5.02 Å². The molecule has 0 atom stereocenters. The predicted octanol–water partition coefficient (Wildman–Crippen LogP) is 2.05. The topological polar surface area (TPSA) is 12.0 Å². The quantitative estimate of drug-likeness (QED) is 0.645. The van der Waals surface area contributed by atoms with Crippen LogP contribution in [0, 0.1) is 23.6 Å². The second-order valence-corrected chi connectivity index (χ2v) is 3.60. The number of rotatable bonds is 0. The van der Waals surface area contributed by atoms with Gasteiger partial charge in [-0.25, -0.2) is 4.39 Å². The highest BCUT2D eigenvalue weighted by molar-refractivity contribution is 6.31. The van der Waals surface area contributed by atoms with Crippen molar-refractivity contribution < 1.29 is 4.39 Å². The molecule has 0 bridgehead atoms. The summed E-state index contributed by atoms with van der Waals surface area (Å²) in [6, 6.07) is 4.67. The largest absolute Gasteiger partial charge is 0.314 e. The van der Waals surface area contributed by atoms with Crippen molar-refractivity contribution in [1.29, 1.82) is 0 Å². The van der Waals surface area contributed by atoms with Crippen LogP contribution in [0.3, 0.4) is 0 Å². The van der Waals surface area contributed by atoms with Gasteiger partial charge in [0.2, 0.25) is 0 Å². The highest BCUT2D eigenvalue weighted by Gasteiger charge is 2.12. The highest BCUT2D eigenvalue weighted by Crippen LogP contribution is 2.18. The molecule has 1 aliphatic rings. The van der Waals surface area contributed by atoms with Gasteiger partial charge in [0.15, 0.2) is 0 Å². The molecular formula is C11H9ClFN. The average Bonchev–Trinajstić information content (AvgIpc) is 2.09. The number of hydrogen-bond acceptors (Lipinski definition) is 1. The summed E-state index contributed by atoms with van der Waals surface area (Å²) in [5, 5.41) is 3.23. The Kier molecular flexibility index (Phi) is 2.72. The second kappa shape index (κ2) is 4.00. The third-order valence-electron chi connectivity index (χ3n) is 2.14. The van der Waals surface area contributed by atoms with E-state index in [0.29, 0.717) is 11.5 Å². The Labute approximate surface area is 87.3 Å². The van der Waals surface area contributed by atoms with Gasteiger partial charge < -0.3 is 5.32 Å². The summed E-state index contributed by atoms with van der Waals surface area (Å²) >= 11 is 5.74. The normalized spacial score (nSPS) is 15.6. The van der Waals surface area contributed by atoms with Crippen molar-refractivity contribution in [2.45, 2.75) is 0 Å². The van der Waals surface area contributed by atoms with E-state index >= 15 is 0 Å². The first-order valence-corrected chi connectivity index (χ1v) is 4.81. The molecule has 1 nitrogen and oxygen atoms in total. The Hall–Kier alpha value is -1.04. The third kappa shape index (κ3) is 1.89. The standard InChI is InChI=1S/C11H9ClFN/c12-11-9(2-1-3-10(11)13)5-4-8-6-14-7-8/h1-3,8,14H,6-7H2. The number of benzene rings is 1. The Balaban J connectivity index is 2.21. The number of halogens is 2. The Morgan fingerprint density at radius 3 is 2.86 bits per heavy atom. The molecule has 0 aliphatic carbocycles. The zero-order chi connectivity index (χ0) is 9.97. The molecule has 3 heteroatoms. The van der Waals surface area contributed by atoms with Crippen LogP contribution in [0.1, 0.15) is 5.56 Å². The van der Waals surface area contributed by atoms with Crippen molar-refractivity contribution in [3.8, 4) is 11.8 Å². The summed E-state index contributed by atoms with van der Waals surface area (Å²) in [5.41, 5.74) is 0.568. The van der Waals surface area contributed by atoms with Gasteiger partial charge in [-0.3, -0.25) is 0 Å². The van der Waals surface area contributed by atoms with Crippen LogP contribution in [-0.2, 0) is 0 Å². The Morgan fingerprint density at radius 1 is 1.43 bits per heavy atom. The van der Waals surface area contributed by atoms with Crippen molar-refractivity contribution in [2.24, 2.45) is 5.92 Å². The van der Waals surface area contributed by atoms with Gasteiger partial charge in [-0.1, -0.05) is 29.5 Å². The van der Waals surface area contributed by atoms with E-state index in [-0.39, 0.29) is 5.02 Å². The van der Waals surface area contributed by atoms with Gasteiger partial charge in [0.1, 0.15) is 5.82 Å². The maximum absolute atomic E-state index is 13.0. The molecule has 0 radical (unpaired) electrons. The second-order valence-electron chi connectivity index (χ2n) is 3.23. The molecule has 1 aliphatic heterocycles. The first-order chi connectivity index (χ1) is 6.77. The lowest BCUT2D eigenvalue weighted by atomic mass is 10.0. The van der Waals surface area contributed by atoms with E-state index < -0.39 is 5.82 Å².